The number of amides is 2. The van der Waals surface area contributed by atoms with Crippen molar-refractivity contribution in [1.29, 1.82) is 0 Å². The van der Waals surface area contributed by atoms with Gasteiger partial charge in [0.1, 0.15) is 9.69 Å². The van der Waals surface area contributed by atoms with E-state index in [-0.39, 0.29) is 19.3 Å². The maximum atomic E-state index is 12.1. The highest BCUT2D eigenvalue weighted by Gasteiger charge is 2.55. The van der Waals surface area contributed by atoms with Gasteiger partial charge >= 0.3 is 17.8 Å². The Hall–Kier alpha value is -2.83. The van der Waals surface area contributed by atoms with E-state index in [0.717, 1.165) is 0 Å². The molecule has 13 heteroatoms. The standard InChI is InChI=1S/C21H19Cl2N4O6S/c1-26(9-2-3-18(30)33-27(31)16(28)6-7-17(27)29)15-11-12(4-5-13(15)22)20-24-21(32-25-20)19-14(23)8-10-34-19/h4-5,8,10-11,31H,2-3,6-7,9H2,1H3/q+1. The number of benzene rings is 1. The predicted octanol–water partition coefficient (Wildman–Crippen LogP) is 4.50. The molecule has 2 aromatic heterocycles. The van der Waals surface area contributed by atoms with E-state index in [1.807, 2.05) is 10.3 Å². The number of anilines is 1. The summed E-state index contributed by atoms with van der Waals surface area (Å²) >= 11 is 13.9. The van der Waals surface area contributed by atoms with Gasteiger partial charge in [-0.2, -0.15) is 10.2 Å². The second-order valence-corrected chi connectivity index (χ2v) is 9.27. The van der Waals surface area contributed by atoms with Crippen molar-refractivity contribution in [3.8, 4) is 22.2 Å². The first-order valence-corrected chi connectivity index (χ1v) is 11.8. The van der Waals surface area contributed by atoms with Crippen molar-refractivity contribution in [2.45, 2.75) is 25.7 Å². The van der Waals surface area contributed by atoms with Crippen molar-refractivity contribution in [2.75, 3.05) is 18.5 Å². The number of hydrogen-bond donors (Lipinski definition) is 1. The average molecular weight is 526 g/mol. The van der Waals surface area contributed by atoms with Crippen LogP contribution in [0.1, 0.15) is 25.7 Å². The molecule has 10 nitrogen and oxygen atoms in total. The quantitative estimate of drug-likeness (QED) is 0.257. The van der Waals surface area contributed by atoms with Crippen LogP contribution >= 0.6 is 34.5 Å². The van der Waals surface area contributed by atoms with E-state index in [2.05, 4.69) is 10.1 Å². The third kappa shape index (κ3) is 4.84. The number of nitrogens with zero attached hydrogens (tertiary/aromatic N) is 4. The molecular formula is C21H19Cl2N4O6S+. The van der Waals surface area contributed by atoms with Gasteiger partial charge in [0.15, 0.2) is 0 Å². The van der Waals surface area contributed by atoms with Crippen molar-refractivity contribution >= 4 is 58.0 Å². The largest absolute Gasteiger partial charge is 0.397 e. The van der Waals surface area contributed by atoms with Crippen LogP contribution in [0.15, 0.2) is 34.2 Å². The molecule has 1 N–H and O–H groups in total. The van der Waals surface area contributed by atoms with Crippen LogP contribution in [0.4, 0.5) is 5.69 Å². The molecule has 4 rings (SSSR count). The summed E-state index contributed by atoms with van der Waals surface area (Å²) in [6.07, 6.45) is -0.120. The summed E-state index contributed by atoms with van der Waals surface area (Å²) in [4.78, 5) is 45.1. The van der Waals surface area contributed by atoms with Crippen LogP contribution in [0.25, 0.3) is 22.2 Å². The summed E-state index contributed by atoms with van der Waals surface area (Å²) < 4.78 is 5.34. The molecule has 0 atom stereocenters. The molecule has 1 fully saturated rings. The predicted molar refractivity (Wildman–Crippen MR) is 123 cm³/mol. The number of carbonyl (C=O) groups is 3. The number of rotatable bonds is 8. The third-order valence-corrected chi connectivity index (χ3v) is 6.84. The number of hydrogen-bond acceptors (Lipinski definition) is 10. The lowest BCUT2D eigenvalue weighted by Gasteiger charge is -2.21. The first kappa shape index (κ1) is 24.3. The number of quaternary nitrogens is 1. The van der Waals surface area contributed by atoms with Crippen molar-refractivity contribution in [2.24, 2.45) is 0 Å². The number of aromatic nitrogens is 2. The van der Waals surface area contributed by atoms with E-state index in [1.54, 1.807) is 31.3 Å². The minimum Gasteiger partial charge on any atom is -0.373 e. The summed E-state index contributed by atoms with van der Waals surface area (Å²) in [5.41, 5.74) is 1.34. The smallest absolute Gasteiger partial charge is 0.373 e. The molecule has 1 aliphatic rings. The molecule has 3 heterocycles. The Labute approximate surface area is 207 Å². The van der Waals surface area contributed by atoms with Gasteiger partial charge in [-0.05, 0) is 36.1 Å². The van der Waals surface area contributed by atoms with E-state index >= 15 is 0 Å². The molecule has 0 bridgehead atoms. The van der Waals surface area contributed by atoms with E-state index in [9.17, 15) is 19.6 Å². The van der Waals surface area contributed by atoms with Crippen molar-refractivity contribution in [3.05, 3.63) is 39.7 Å². The van der Waals surface area contributed by atoms with E-state index in [0.29, 0.717) is 50.9 Å². The molecule has 1 aromatic carbocycles. The van der Waals surface area contributed by atoms with Crippen LogP contribution in [0, 0.1) is 0 Å². The number of thiophene rings is 1. The number of hydroxylamine groups is 4. The normalized spacial score (nSPS) is 15.1. The van der Waals surface area contributed by atoms with Crippen molar-refractivity contribution < 1.29 is 33.8 Å². The maximum Gasteiger partial charge on any atom is 0.397 e. The first-order valence-electron chi connectivity index (χ1n) is 10.2. The maximum absolute atomic E-state index is 12.1. The van der Waals surface area contributed by atoms with Gasteiger partial charge in [-0.15, -0.1) is 11.3 Å². The molecular weight excluding hydrogens is 507 g/mol. The Kier molecular flexibility index (Phi) is 7.01. The molecule has 0 aliphatic carbocycles. The number of imide groups is 1. The summed E-state index contributed by atoms with van der Waals surface area (Å²) in [7, 11) is 1.79. The Morgan fingerprint density at radius 3 is 2.65 bits per heavy atom. The highest BCUT2D eigenvalue weighted by Crippen LogP contribution is 2.35. The van der Waals surface area contributed by atoms with Crippen LogP contribution < -0.4 is 4.90 Å². The van der Waals surface area contributed by atoms with Crippen LogP contribution in [0.2, 0.25) is 10.0 Å². The zero-order chi connectivity index (χ0) is 24.5. The summed E-state index contributed by atoms with van der Waals surface area (Å²) in [6, 6.07) is 7.01. The number of halogens is 2. The van der Waals surface area contributed by atoms with Gasteiger partial charge in [0.2, 0.25) is 5.82 Å². The van der Waals surface area contributed by atoms with Gasteiger partial charge in [-0.25, -0.2) is 19.2 Å². The van der Waals surface area contributed by atoms with Crippen molar-refractivity contribution in [3.63, 3.8) is 0 Å². The Balaban J connectivity index is 1.39. The minimum atomic E-state index is -1.91. The van der Waals surface area contributed by atoms with Gasteiger partial charge in [0, 0.05) is 19.2 Å². The summed E-state index contributed by atoms with van der Waals surface area (Å²) in [6.45, 7) is 0.397. The third-order valence-electron chi connectivity index (χ3n) is 5.19. The Morgan fingerprint density at radius 2 is 1.97 bits per heavy atom. The monoisotopic (exact) mass is 525 g/mol. The van der Waals surface area contributed by atoms with E-state index < -0.39 is 22.6 Å². The molecule has 2 amide bonds. The Bertz CT molecular complexity index is 1240. The molecule has 0 radical (unpaired) electrons. The lowest BCUT2D eigenvalue weighted by Crippen LogP contribution is -2.50. The average Bonchev–Trinajstić information content (AvgIpc) is 3.51. The van der Waals surface area contributed by atoms with Crippen LogP contribution in [0.3, 0.4) is 0 Å². The second-order valence-electron chi connectivity index (χ2n) is 7.54. The van der Waals surface area contributed by atoms with Crippen molar-refractivity contribution in [1.82, 2.24) is 10.1 Å². The SMILES string of the molecule is CN(CCCC(=O)O[N+]1(O)C(=O)CCC1=O)c1cc(-c2noc(-c3sccc3Cl)n2)ccc1Cl. The summed E-state index contributed by atoms with van der Waals surface area (Å²) in [5, 5.41) is 16.8. The molecule has 0 unspecified atom stereocenters. The van der Waals surface area contributed by atoms with Crippen LogP contribution in [-0.4, -0.2) is 51.5 Å². The topological polar surface area (TPSA) is 123 Å². The Morgan fingerprint density at radius 1 is 1.24 bits per heavy atom. The zero-order valence-electron chi connectivity index (χ0n) is 17.9. The van der Waals surface area contributed by atoms with E-state index in [1.165, 1.54) is 11.3 Å². The second kappa shape index (κ2) is 9.80. The van der Waals surface area contributed by atoms with Crippen LogP contribution in [-0.2, 0) is 19.2 Å². The molecule has 178 valence electrons. The molecule has 34 heavy (non-hydrogen) atoms. The zero-order valence-corrected chi connectivity index (χ0v) is 20.2. The molecule has 1 aliphatic heterocycles. The van der Waals surface area contributed by atoms with Gasteiger partial charge in [-0.3, -0.25) is 0 Å². The molecule has 3 aromatic rings. The highest BCUT2D eigenvalue weighted by molar-refractivity contribution is 7.14. The van der Waals surface area contributed by atoms with E-state index in [4.69, 9.17) is 32.6 Å². The lowest BCUT2D eigenvalue weighted by atomic mass is 10.1. The lowest BCUT2D eigenvalue weighted by molar-refractivity contribution is -1.12. The van der Waals surface area contributed by atoms with Gasteiger partial charge in [0.25, 0.3) is 5.89 Å². The van der Waals surface area contributed by atoms with Gasteiger partial charge in [-0.1, -0.05) is 28.4 Å². The molecule has 0 saturated carbocycles. The molecule has 0 spiro atoms. The molecule has 1 saturated heterocycles. The fourth-order valence-electron chi connectivity index (χ4n) is 3.36. The highest BCUT2D eigenvalue weighted by atomic mass is 35.5. The first-order chi connectivity index (χ1) is 16.2. The summed E-state index contributed by atoms with van der Waals surface area (Å²) in [5.74, 6) is -1.88. The number of carbonyl (C=O) groups excluding carboxylic acids is 3. The fourth-order valence-corrected chi connectivity index (χ4v) is 4.67. The van der Waals surface area contributed by atoms with Gasteiger partial charge in [0.05, 0.1) is 35.0 Å². The van der Waals surface area contributed by atoms with Crippen LogP contribution in [0.5, 0.6) is 0 Å². The minimum absolute atomic E-state index is 0.113. The fraction of sp³-hybridized carbons (Fsp3) is 0.286. The van der Waals surface area contributed by atoms with Gasteiger partial charge < -0.3 is 9.42 Å².